The Morgan fingerprint density at radius 2 is 1.47 bits per heavy atom. The van der Waals surface area contributed by atoms with E-state index < -0.39 is 0 Å². The van der Waals surface area contributed by atoms with Crippen LogP contribution in [0.2, 0.25) is 0 Å². The van der Waals surface area contributed by atoms with Crippen molar-refractivity contribution in [3.8, 4) is 0 Å². The van der Waals surface area contributed by atoms with Crippen LogP contribution in [0.3, 0.4) is 0 Å². The standard InChI is InChI=1S/C18H16N2O2.C7H12N2.ClH/c1-11(21)19-17-7-3-5-13-9-14-6-4-8-18(20-12(2)22)16(14)10-15(13)17;1-2-3-5-9-6-4-8-7-9;/h3-10H,1-2H3,(H,19,21)(H,20,22);4,6-7H,2-3,5H2,1H3;1H. The van der Waals surface area contributed by atoms with Gasteiger partial charge in [-0.05, 0) is 41.5 Å². The van der Waals surface area contributed by atoms with Gasteiger partial charge in [0, 0.05) is 54.9 Å². The van der Waals surface area contributed by atoms with E-state index in [4.69, 9.17) is 0 Å². The first-order chi connectivity index (χ1) is 15.0. The number of amides is 2. The highest BCUT2D eigenvalue weighted by atomic mass is 35.5. The Morgan fingerprint density at radius 1 is 0.906 bits per heavy atom. The zero-order valence-corrected chi connectivity index (χ0v) is 19.4. The lowest BCUT2D eigenvalue weighted by atomic mass is 10.0. The molecule has 7 heteroatoms. The van der Waals surface area contributed by atoms with Crippen molar-refractivity contribution >= 4 is 57.1 Å². The average Bonchev–Trinajstić information content (AvgIpc) is 3.25. The van der Waals surface area contributed by atoms with Gasteiger partial charge in [0.05, 0.1) is 6.33 Å². The second-order valence-electron chi connectivity index (χ2n) is 7.42. The van der Waals surface area contributed by atoms with Gasteiger partial charge in [0.25, 0.3) is 0 Å². The minimum Gasteiger partial charge on any atom is -0.337 e. The number of benzene rings is 3. The fourth-order valence-electron chi connectivity index (χ4n) is 3.41. The summed E-state index contributed by atoms with van der Waals surface area (Å²) in [6.07, 6.45) is 8.16. The highest BCUT2D eigenvalue weighted by Gasteiger charge is 2.07. The largest absolute Gasteiger partial charge is 0.337 e. The number of carbonyl (C=O) groups excluding carboxylic acids is 2. The first kappa shape index (κ1) is 24.9. The molecule has 4 aromatic rings. The van der Waals surface area contributed by atoms with Crippen molar-refractivity contribution in [2.24, 2.45) is 0 Å². The molecule has 2 amide bonds. The second-order valence-corrected chi connectivity index (χ2v) is 7.42. The van der Waals surface area contributed by atoms with Crippen molar-refractivity contribution in [2.45, 2.75) is 40.2 Å². The number of aryl methyl sites for hydroxylation is 1. The molecular weight excluding hydrogens is 424 g/mol. The SMILES string of the molecule is CC(=O)Nc1cccc2cc3cccc(NC(C)=O)c3cc12.CCCCn1ccnc1.Cl. The molecule has 6 nitrogen and oxygen atoms in total. The summed E-state index contributed by atoms with van der Waals surface area (Å²) in [4.78, 5) is 26.7. The van der Waals surface area contributed by atoms with Crippen LogP contribution in [0.4, 0.5) is 11.4 Å². The van der Waals surface area contributed by atoms with Gasteiger partial charge in [-0.3, -0.25) is 9.59 Å². The van der Waals surface area contributed by atoms with Gasteiger partial charge in [0.1, 0.15) is 0 Å². The number of nitrogens with zero attached hydrogens (tertiary/aromatic N) is 2. The lowest BCUT2D eigenvalue weighted by molar-refractivity contribution is -0.115. The third-order valence-electron chi connectivity index (χ3n) is 4.83. The van der Waals surface area contributed by atoms with Crippen molar-refractivity contribution < 1.29 is 9.59 Å². The third-order valence-corrected chi connectivity index (χ3v) is 4.83. The zero-order valence-electron chi connectivity index (χ0n) is 18.6. The van der Waals surface area contributed by atoms with E-state index in [0.717, 1.165) is 39.5 Å². The van der Waals surface area contributed by atoms with Crippen LogP contribution in [-0.2, 0) is 16.1 Å². The van der Waals surface area contributed by atoms with Crippen LogP contribution in [0.25, 0.3) is 21.5 Å². The molecule has 0 radical (unpaired) electrons. The number of halogens is 1. The minimum atomic E-state index is -0.109. The lowest BCUT2D eigenvalue weighted by Crippen LogP contribution is -2.07. The predicted octanol–water partition coefficient (Wildman–Crippen LogP) is 6.01. The number of aromatic nitrogens is 2. The van der Waals surface area contributed by atoms with E-state index in [9.17, 15) is 9.59 Å². The van der Waals surface area contributed by atoms with Gasteiger partial charge < -0.3 is 15.2 Å². The molecule has 1 aromatic heterocycles. The van der Waals surface area contributed by atoms with E-state index in [2.05, 4.69) is 33.2 Å². The molecule has 4 rings (SSSR count). The number of carbonyl (C=O) groups is 2. The number of anilines is 2. The van der Waals surface area contributed by atoms with Crippen molar-refractivity contribution in [1.29, 1.82) is 0 Å². The third kappa shape index (κ3) is 6.56. The Hall–Kier alpha value is -3.38. The molecule has 0 bridgehead atoms. The van der Waals surface area contributed by atoms with Gasteiger partial charge in [-0.25, -0.2) is 4.98 Å². The maximum Gasteiger partial charge on any atom is 0.221 e. The van der Waals surface area contributed by atoms with Crippen LogP contribution in [0, 0.1) is 0 Å². The van der Waals surface area contributed by atoms with E-state index in [1.54, 1.807) is 0 Å². The number of imidazole rings is 1. The number of nitrogens with one attached hydrogen (secondary N) is 2. The van der Waals surface area contributed by atoms with Crippen LogP contribution in [0.15, 0.2) is 67.3 Å². The summed E-state index contributed by atoms with van der Waals surface area (Å²) in [6.45, 7) is 6.28. The Labute approximate surface area is 194 Å². The molecule has 0 unspecified atom stereocenters. The van der Waals surface area contributed by atoms with Gasteiger partial charge >= 0.3 is 0 Å². The summed E-state index contributed by atoms with van der Waals surface area (Å²) in [5.41, 5.74) is 1.54. The molecular formula is C25H29ClN4O2. The maximum atomic E-state index is 11.4. The molecule has 0 saturated heterocycles. The Morgan fingerprint density at radius 3 is 1.91 bits per heavy atom. The fourth-order valence-corrected chi connectivity index (χ4v) is 3.41. The molecule has 0 aliphatic heterocycles. The van der Waals surface area contributed by atoms with E-state index in [1.165, 1.54) is 26.7 Å². The molecule has 3 aromatic carbocycles. The zero-order chi connectivity index (χ0) is 22.2. The van der Waals surface area contributed by atoms with Crippen LogP contribution in [0.5, 0.6) is 0 Å². The minimum absolute atomic E-state index is 0. The topological polar surface area (TPSA) is 76.0 Å². The average molecular weight is 453 g/mol. The molecule has 0 spiro atoms. The summed E-state index contributed by atoms with van der Waals surface area (Å²) in [7, 11) is 0. The molecule has 0 aliphatic rings. The van der Waals surface area contributed by atoms with Crippen molar-refractivity contribution in [3.05, 3.63) is 67.3 Å². The van der Waals surface area contributed by atoms with Gasteiger partial charge in [0.2, 0.25) is 11.8 Å². The van der Waals surface area contributed by atoms with Gasteiger partial charge in [-0.15, -0.1) is 12.4 Å². The molecule has 32 heavy (non-hydrogen) atoms. The first-order valence-corrected chi connectivity index (χ1v) is 10.4. The molecule has 0 aliphatic carbocycles. The number of unbranched alkanes of at least 4 members (excludes halogenated alkanes) is 1. The number of fused-ring (bicyclic) bond motifs is 2. The summed E-state index contributed by atoms with van der Waals surface area (Å²) in [5, 5.41) is 9.67. The first-order valence-electron chi connectivity index (χ1n) is 10.4. The van der Waals surface area contributed by atoms with Gasteiger partial charge in [-0.1, -0.05) is 37.6 Å². The maximum absolute atomic E-state index is 11.4. The molecule has 0 atom stereocenters. The lowest BCUT2D eigenvalue weighted by Gasteiger charge is -2.11. The molecule has 168 valence electrons. The molecule has 0 fully saturated rings. The molecule has 0 saturated carbocycles. The monoisotopic (exact) mass is 452 g/mol. The van der Waals surface area contributed by atoms with Crippen molar-refractivity contribution in [1.82, 2.24) is 9.55 Å². The van der Waals surface area contributed by atoms with Crippen LogP contribution < -0.4 is 10.6 Å². The summed E-state index contributed by atoms with van der Waals surface area (Å²) in [6, 6.07) is 15.6. The molecule has 2 N–H and O–H groups in total. The Bertz CT molecular complexity index is 1120. The quantitative estimate of drug-likeness (QED) is 0.364. The van der Waals surface area contributed by atoms with Crippen LogP contribution >= 0.6 is 12.4 Å². The van der Waals surface area contributed by atoms with E-state index in [-0.39, 0.29) is 24.2 Å². The smallest absolute Gasteiger partial charge is 0.221 e. The highest BCUT2D eigenvalue weighted by molar-refractivity contribution is 6.11. The summed E-state index contributed by atoms with van der Waals surface area (Å²) < 4.78 is 2.10. The van der Waals surface area contributed by atoms with E-state index in [0.29, 0.717) is 0 Å². The Balaban J connectivity index is 0.000000307. The predicted molar refractivity (Wildman–Crippen MR) is 134 cm³/mol. The fraction of sp³-hybridized carbons (Fsp3) is 0.240. The number of hydrogen-bond donors (Lipinski definition) is 2. The second kappa shape index (κ2) is 11.9. The van der Waals surface area contributed by atoms with Gasteiger partial charge in [-0.2, -0.15) is 0 Å². The number of hydrogen-bond acceptors (Lipinski definition) is 3. The normalized spacial score (nSPS) is 10.1. The number of rotatable bonds is 5. The van der Waals surface area contributed by atoms with Crippen LogP contribution in [0.1, 0.15) is 33.6 Å². The molecule has 1 heterocycles. The summed E-state index contributed by atoms with van der Waals surface area (Å²) >= 11 is 0. The van der Waals surface area contributed by atoms with E-state index >= 15 is 0 Å². The van der Waals surface area contributed by atoms with E-state index in [1.807, 2.05) is 61.2 Å². The van der Waals surface area contributed by atoms with Gasteiger partial charge in [0.15, 0.2) is 0 Å². The van der Waals surface area contributed by atoms with Crippen LogP contribution in [-0.4, -0.2) is 21.4 Å². The van der Waals surface area contributed by atoms with Crippen molar-refractivity contribution in [2.75, 3.05) is 10.6 Å². The Kier molecular flexibility index (Phi) is 9.22. The summed E-state index contributed by atoms with van der Waals surface area (Å²) in [5.74, 6) is -0.217. The highest BCUT2D eigenvalue weighted by Crippen LogP contribution is 2.32. The van der Waals surface area contributed by atoms with Crippen molar-refractivity contribution in [3.63, 3.8) is 0 Å².